The number of methoxy groups -OCH3 is 1. The van der Waals surface area contributed by atoms with Crippen molar-refractivity contribution in [2.45, 2.75) is 58.4 Å². The van der Waals surface area contributed by atoms with E-state index in [4.69, 9.17) is 19.6 Å². The first kappa shape index (κ1) is 15.8. The molecule has 1 amide bonds. The molecule has 1 saturated heterocycles. The molecule has 110 valence electrons. The van der Waals surface area contributed by atoms with E-state index >= 15 is 0 Å². The number of ether oxygens (including phenoxy) is 3. The summed E-state index contributed by atoms with van der Waals surface area (Å²) >= 11 is 0. The highest BCUT2D eigenvalue weighted by Crippen LogP contribution is 2.37. The molecule has 0 saturated carbocycles. The second-order valence-electron chi connectivity index (χ2n) is 6.36. The Kier molecular flexibility index (Phi) is 3.87. The van der Waals surface area contributed by atoms with E-state index in [1.165, 1.54) is 12.0 Å². The van der Waals surface area contributed by atoms with E-state index < -0.39 is 23.0 Å². The zero-order valence-electron chi connectivity index (χ0n) is 12.8. The first-order chi connectivity index (χ1) is 8.44. The van der Waals surface area contributed by atoms with Gasteiger partial charge >= 0.3 is 6.09 Å². The summed E-state index contributed by atoms with van der Waals surface area (Å²) in [6.45, 7) is 10.9. The van der Waals surface area contributed by atoms with Crippen LogP contribution in [0.25, 0.3) is 0 Å². The minimum Gasteiger partial charge on any atom is -0.483 e. The van der Waals surface area contributed by atoms with E-state index in [1.807, 2.05) is 0 Å². The third kappa shape index (κ3) is 3.00. The van der Waals surface area contributed by atoms with Crippen molar-refractivity contribution >= 4 is 12.0 Å². The lowest BCUT2D eigenvalue weighted by Gasteiger charge is -2.39. The first-order valence-corrected chi connectivity index (χ1v) is 6.24. The van der Waals surface area contributed by atoms with Gasteiger partial charge in [-0.1, -0.05) is 0 Å². The van der Waals surface area contributed by atoms with Gasteiger partial charge in [-0.2, -0.15) is 0 Å². The predicted octanol–water partition coefficient (Wildman–Crippen LogP) is 2.37. The molecule has 1 N–H and O–H groups in total. The molecule has 1 aliphatic heterocycles. The summed E-state index contributed by atoms with van der Waals surface area (Å²) in [4.78, 5) is 13.8. The van der Waals surface area contributed by atoms with Crippen LogP contribution < -0.4 is 0 Å². The second kappa shape index (κ2) is 4.67. The highest BCUT2D eigenvalue weighted by Gasteiger charge is 2.56. The van der Waals surface area contributed by atoms with Gasteiger partial charge in [0.05, 0.1) is 13.7 Å². The van der Waals surface area contributed by atoms with Crippen LogP contribution in [-0.4, -0.2) is 47.5 Å². The van der Waals surface area contributed by atoms with E-state index in [0.29, 0.717) is 0 Å². The van der Waals surface area contributed by atoms with Crippen LogP contribution in [0.2, 0.25) is 0 Å². The smallest absolute Gasteiger partial charge is 0.413 e. The number of hydrogen-bond donors (Lipinski definition) is 1. The lowest BCUT2D eigenvalue weighted by atomic mass is 10.0. The monoisotopic (exact) mass is 272 g/mol. The molecule has 1 atom stereocenters. The van der Waals surface area contributed by atoms with E-state index in [2.05, 4.69) is 0 Å². The molecule has 0 spiro atoms. The van der Waals surface area contributed by atoms with Gasteiger partial charge in [0, 0.05) is 0 Å². The Labute approximate surface area is 114 Å². The average Bonchev–Trinajstić information content (AvgIpc) is 2.47. The Morgan fingerprint density at radius 2 is 1.84 bits per heavy atom. The summed E-state index contributed by atoms with van der Waals surface area (Å²) in [5.41, 5.74) is -2.41. The number of nitrogens with zero attached hydrogens (tertiary/aromatic N) is 1. The van der Waals surface area contributed by atoms with E-state index in [0.717, 1.165) is 0 Å². The molecule has 6 nitrogen and oxygen atoms in total. The highest BCUT2D eigenvalue weighted by atomic mass is 16.6. The van der Waals surface area contributed by atoms with Crippen molar-refractivity contribution in [3.8, 4) is 0 Å². The first-order valence-electron chi connectivity index (χ1n) is 6.24. The van der Waals surface area contributed by atoms with Crippen molar-refractivity contribution in [3.05, 3.63) is 0 Å². The highest BCUT2D eigenvalue weighted by molar-refractivity contribution is 5.88. The van der Waals surface area contributed by atoms with Gasteiger partial charge in [0.2, 0.25) is 5.90 Å². The summed E-state index contributed by atoms with van der Waals surface area (Å²) in [5.74, 6) is -0.0241. The zero-order chi connectivity index (χ0) is 15.1. The molecule has 0 aromatic rings. The van der Waals surface area contributed by atoms with Gasteiger partial charge in [0.25, 0.3) is 0 Å². The van der Waals surface area contributed by atoms with Gasteiger partial charge in [-0.05, 0) is 41.5 Å². The van der Waals surface area contributed by atoms with Crippen molar-refractivity contribution in [1.82, 2.24) is 4.90 Å². The van der Waals surface area contributed by atoms with Gasteiger partial charge in [-0.15, -0.1) is 0 Å². The molecule has 1 fully saturated rings. The Balaban J connectivity index is 3.10. The summed E-state index contributed by atoms with van der Waals surface area (Å²) in [6, 6.07) is 0. The van der Waals surface area contributed by atoms with E-state index in [9.17, 15) is 4.79 Å². The molecule has 0 radical (unpaired) electrons. The molecule has 1 unspecified atom stereocenters. The number of rotatable bonds is 1. The van der Waals surface area contributed by atoms with Crippen LogP contribution in [-0.2, 0) is 14.2 Å². The minimum atomic E-state index is -0.958. The quantitative estimate of drug-likeness (QED) is 0.587. The van der Waals surface area contributed by atoms with Crippen LogP contribution in [0.5, 0.6) is 0 Å². The molecule has 1 aliphatic rings. The molecule has 0 aromatic heterocycles. The molecular weight excluding hydrogens is 248 g/mol. The van der Waals surface area contributed by atoms with Crippen molar-refractivity contribution in [2.75, 3.05) is 13.7 Å². The summed E-state index contributed by atoms with van der Waals surface area (Å²) in [6.07, 6.45) is -0.515. The maximum atomic E-state index is 12.4. The SMILES string of the molecule is COC(=N)C1(C)COC(C)(C)N1C(=O)OC(C)(C)C. The zero-order valence-corrected chi connectivity index (χ0v) is 12.8. The van der Waals surface area contributed by atoms with Crippen molar-refractivity contribution < 1.29 is 19.0 Å². The Bertz CT molecular complexity index is 387. The van der Waals surface area contributed by atoms with Crippen LogP contribution in [0.1, 0.15) is 41.5 Å². The molecular formula is C13H24N2O4. The summed E-state index contributed by atoms with van der Waals surface area (Å²) in [5, 5.41) is 7.91. The largest absolute Gasteiger partial charge is 0.483 e. The third-order valence-corrected chi connectivity index (χ3v) is 3.01. The van der Waals surface area contributed by atoms with E-state index in [-0.39, 0.29) is 12.5 Å². The van der Waals surface area contributed by atoms with Crippen LogP contribution in [0.15, 0.2) is 0 Å². The topological polar surface area (TPSA) is 71.9 Å². The Morgan fingerprint density at radius 3 is 2.26 bits per heavy atom. The van der Waals surface area contributed by atoms with Crippen LogP contribution in [0.4, 0.5) is 4.79 Å². The number of hydrogen-bond acceptors (Lipinski definition) is 5. The lowest BCUT2D eigenvalue weighted by Crippen LogP contribution is -2.59. The number of carbonyl (C=O) groups excluding carboxylic acids is 1. The molecule has 0 aliphatic carbocycles. The second-order valence-corrected chi connectivity index (χ2v) is 6.36. The lowest BCUT2D eigenvalue weighted by molar-refractivity contribution is -0.0651. The molecule has 1 heterocycles. The van der Waals surface area contributed by atoms with Crippen LogP contribution in [0.3, 0.4) is 0 Å². The van der Waals surface area contributed by atoms with Gasteiger partial charge < -0.3 is 14.2 Å². The number of nitrogens with one attached hydrogen (secondary N) is 1. The van der Waals surface area contributed by atoms with E-state index in [1.54, 1.807) is 41.5 Å². The third-order valence-electron chi connectivity index (χ3n) is 3.01. The van der Waals surface area contributed by atoms with Gasteiger partial charge in [0.15, 0.2) is 0 Å². The maximum Gasteiger partial charge on any atom is 0.413 e. The molecule has 1 rings (SSSR count). The fourth-order valence-corrected chi connectivity index (χ4v) is 2.16. The normalized spacial score (nSPS) is 26.2. The molecule has 19 heavy (non-hydrogen) atoms. The van der Waals surface area contributed by atoms with Crippen LogP contribution in [0, 0.1) is 5.41 Å². The standard InChI is InChI=1S/C13H24N2O4/c1-11(2,3)19-10(16)15-12(4,5)18-8-13(15,6)9(14)17-7/h14H,8H2,1-7H3. The molecule has 0 aromatic carbocycles. The number of amides is 1. The van der Waals surface area contributed by atoms with Gasteiger partial charge in [0.1, 0.15) is 16.9 Å². The van der Waals surface area contributed by atoms with Crippen molar-refractivity contribution in [2.24, 2.45) is 0 Å². The van der Waals surface area contributed by atoms with Gasteiger partial charge in [-0.25, -0.2) is 4.79 Å². The number of carbonyl (C=O) groups is 1. The summed E-state index contributed by atoms with van der Waals surface area (Å²) < 4.78 is 16.0. The predicted molar refractivity (Wildman–Crippen MR) is 71.2 cm³/mol. The van der Waals surface area contributed by atoms with Crippen molar-refractivity contribution in [1.29, 1.82) is 5.41 Å². The van der Waals surface area contributed by atoms with Crippen molar-refractivity contribution in [3.63, 3.8) is 0 Å². The minimum absolute atomic E-state index is 0.0241. The Hall–Kier alpha value is -1.30. The van der Waals surface area contributed by atoms with Crippen LogP contribution >= 0.6 is 0 Å². The Morgan fingerprint density at radius 1 is 1.32 bits per heavy atom. The fraction of sp³-hybridized carbons (Fsp3) is 0.846. The average molecular weight is 272 g/mol. The fourth-order valence-electron chi connectivity index (χ4n) is 2.16. The summed E-state index contributed by atoms with van der Waals surface area (Å²) in [7, 11) is 1.41. The maximum absolute atomic E-state index is 12.4. The molecule has 0 bridgehead atoms. The van der Waals surface area contributed by atoms with Gasteiger partial charge in [-0.3, -0.25) is 10.3 Å². The molecule has 6 heteroatoms.